The average molecular weight is 217 g/mol. The Morgan fingerprint density at radius 3 is 2.50 bits per heavy atom. The maximum absolute atomic E-state index is 4.31. The van der Waals surface area contributed by atoms with Gasteiger partial charge in [-0.25, -0.2) is 9.97 Å². The molecule has 2 aromatic heterocycles. The third-order valence-corrected chi connectivity index (χ3v) is 2.33. The first-order chi connectivity index (χ1) is 7.65. The van der Waals surface area contributed by atoms with Gasteiger partial charge >= 0.3 is 0 Å². The van der Waals surface area contributed by atoms with Crippen LogP contribution < -0.4 is 5.32 Å². The predicted octanol–water partition coefficient (Wildman–Crippen LogP) is 1.44. The third kappa shape index (κ3) is 2.36. The largest absolute Gasteiger partial charge is 0.349 e. The van der Waals surface area contributed by atoms with E-state index < -0.39 is 0 Å². The topological polar surface area (TPSA) is 55.6 Å². The summed E-state index contributed by atoms with van der Waals surface area (Å²) in [6.07, 6.45) is 1.78. The van der Waals surface area contributed by atoms with Gasteiger partial charge in [0.15, 0.2) is 0 Å². The van der Waals surface area contributed by atoms with Crippen LogP contribution in [-0.4, -0.2) is 19.7 Å². The van der Waals surface area contributed by atoms with Crippen LogP contribution in [0.3, 0.4) is 0 Å². The minimum absolute atomic E-state index is 0.665. The van der Waals surface area contributed by atoms with Crippen LogP contribution >= 0.6 is 0 Å². The van der Waals surface area contributed by atoms with Crippen molar-refractivity contribution in [3.05, 3.63) is 35.4 Å². The van der Waals surface area contributed by atoms with E-state index in [1.54, 1.807) is 6.20 Å². The maximum atomic E-state index is 4.31. The number of anilines is 1. The first-order valence-electron chi connectivity index (χ1n) is 5.18. The van der Waals surface area contributed by atoms with Gasteiger partial charge in [0, 0.05) is 24.6 Å². The molecule has 2 heterocycles. The van der Waals surface area contributed by atoms with E-state index in [1.165, 1.54) is 0 Å². The van der Waals surface area contributed by atoms with E-state index in [0.717, 1.165) is 17.1 Å². The average Bonchev–Trinajstić information content (AvgIpc) is 2.59. The molecule has 2 aromatic rings. The molecule has 0 radical (unpaired) electrons. The van der Waals surface area contributed by atoms with Crippen LogP contribution in [-0.2, 0) is 13.6 Å². The van der Waals surface area contributed by atoms with Crippen molar-refractivity contribution in [2.45, 2.75) is 20.4 Å². The molecule has 0 atom stereocenters. The molecule has 16 heavy (non-hydrogen) atoms. The lowest BCUT2D eigenvalue weighted by atomic mass is 10.3. The summed E-state index contributed by atoms with van der Waals surface area (Å²) in [5, 5.41) is 7.29. The molecule has 5 nitrogen and oxygen atoms in total. The zero-order valence-corrected chi connectivity index (χ0v) is 9.73. The highest BCUT2D eigenvalue weighted by Gasteiger charge is 2.01. The lowest BCUT2D eigenvalue weighted by Gasteiger charge is -2.06. The first kappa shape index (κ1) is 10.6. The summed E-state index contributed by atoms with van der Waals surface area (Å²) in [6.45, 7) is 4.60. The molecule has 0 aliphatic heterocycles. The molecule has 2 rings (SSSR count). The highest BCUT2D eigenvalue weighted by molar-refractivity contribution is 5.28. The van der Waals surface area contributed by atoms with E-state index in [2.05, 4.69) is 20.4 Å². The lowest BCUT2D eigenvalue weighted by molar-refractivity contribution is 0.719. The Kier molecular flexibility index (Phi) is 2.85. The van der Waals surface area contributed by atoms with Crippen LogP contribution in [0.25, 0.3) is 0 Å². The smallest absolute Gasteiger partial charge is 0.223 e. The van der Waals surface area contributed by atoms with Crippen molar-refractivity contribution in [1.82, 2.24) is 19.7 Å². The van der Waals surface area contributed by atoms with Gasteiger partial charge < -0.3 is 5.32 Å². The Bertz CT molecular complexity index is 469. The molecule has 0 fully saturated rings. The lowest BCUT2D eigenvalue weighted by Crippen LogP contribution is -2.08. The zero-order valence-electron chi connectivity index (χ0n) is 9.73. The summed E-state index contributed by atoms with van der Waals surface area (Å²) < 4.78 is 1.83. The summed E-state index contributed by atoms with van der Waals surface area (Å²) in [7, 11) is 1.92. The van der Waals surface area contributed by atoms with Crippen LogP contribution in [0.1, 0.15) is 17.1 Å². The molecule has 0 unspecified atom stereocenters. The van der Waals surface area contributed by atoms with Gasteiger partial charge in [0.25, 0.3) is 0 Å². The Hall–Kier alpha value is -1.91. The fourth-order valence-electron chi connectivity index (χ4n) is 1.55. The molecular weight excluding hydrogens is 202 g/mol. The van der Waals surface area contributed by atoms with Gasteiger partial charge in [-0.1, -0.05) is 0 Å². The van der Waals surface area contributed by atoms with Gasteiger partial charge in [0.1, 0.15) is 0 Å². The fourth-order valence-corrected chi connectivity index (χ4v) is 1.55. The highest BCUT2D eigenvalue weighted by atomic mass is 15.3. The third-order valence-electron chi connectivity index (χ3n) is 2.33. The van der Waals surface area contributed by atoms with E-state index in [-0.39, 0.29) is 0 Å². The maximum Gasteiger partial charge on any atom is 0.223 e. The fraction of sp³-hybridized carbons (Fsp3) is 0.364. The number of aromatic nitrogens is 4. The minimum Gasteiger partial charge on any atom is -0.349 e. The second-order valence-corrected chi connectivity index (χ2v) is 3.77. The summed E-state index contributed by atoms with van der Waals surface area (Å²) in [5.41, 5.74) is 3.04. The number of nitrogens with zero attached hydrogens (tertiary/aromatic N) is 4. The predicted molar refractivity (Wildman–Crippen MR) is 62.0 cm³/mol. The second kappa shape index (κ2) is 4.30. The molecule has 5 heteroatoms. The quantitative estimate of drug-likeness (QED) is 0.845. The van der Waals surface area contributed by atoms with Crippen molar-refractivity contribution in [3.63, 3.8) is 0 Å². The van der Waals surface area contributed by atoms with Gasteiger partial charge in [0.2, 0.25) is 5.95 Å². The molecular formula is C11H15N5. The van der Waals surface area contributed by atoms with Gasteiger partial charge in [-0.2, -0.15) is 5.10 Å². The summed E-state index contributed by atoms with van der Waals surface area (Å²) in [4.78, 5) is 8.62. The number of nitrogens with one attached hydrogen (secondary N) is 1. The van der Waals surface area contributed by atoms with Crippen molar-refractivity contribution >= 4 is 5.95 Å². The molecule has 84 valence electrons. The molecule has 1 N–H and O–H groups in total. The van der Waals surface area contributed by atoms with Crippen molar-refractivity contribution in [1.29, 1.82) is 0 Å². The van der Waals surface area contributed by atoms with E-state index >= 15 is 0 Å². The number of hydrogen-bond acceptors (Lipinski definition) is 4. The van der Waals surface area contributed by atoms with Crippen LogP contribution in [0.15, 0.2) is 18.3 Å². The molecule has 0 aromatic carbocycles. The van der Waals surface area contributed by atoms with Crippen LogP contribution in [0.2, 0.25) is 0 Å². The summed E-state index contributed by atoms with van der Waals surface area (Å²) in [5.74, 6) is 0.665. The van der Waals surface area contributed by atoms with Gasteiger partial charge in [-0.3, -0.25) is 4.68 Å². The molecule has 0 aliphatic carbocycles. The summed E-state index contributed by atoms with van der Waals surface area (Å²) >= 11 is 0. The Morgan fingerprint density at radius 2 is 1.94 bits per heavy atom. The van der Waals surface area contributed by atoms with Crippen molar-refractivity contribution in [3.8, 4) is 0 Å². The molecule has 0 spiro atoms. The zero-order chi connectivity index (χ0) is 11.5. The van der Waals surface area contributed by atoms with Gasteiger partial charge in [-0.15, -0.1) is 0 Å². The van der Waals surface area contributed by atoms with Gasteiger partial charge in [-0.05, 0) is 26.0 Å². The Morgan fingerprint density at radius 1 is 1.25 bits per heavy atom. The monoisotopic (exact) mass is 217 g/mol. The van der Waals surface area contributed by atoms with Crippen molar-refractivity contribution < 1.29 is 0 Å². The number of rotatable bonds is 3. The van der Waals surface area contributed by atoms with E-state index in [0.29, 0.717) is 12.5 Å². The van der Waals surface area contributed by atoms with E-state index in [4.69, 9.17) is 0 Å². The first-order valence-corrected chi connectivity index (χ1v) is 5.18. The van der Waals surface area contributed by atoms with Crippen molar-refractivity contribution in [2.75, 3.05) is 5.32 Å². The van der Waals surface area contributed by atoms with Crippen molar-refractivity contribution in [2.24, 2.45) is 7.05 Å². The standard InChI is InChI=1S/C11H15N5/c1-8-6-9(2)15-11(14-8)12-7-10-4-5-13-16(10)3/h4-6H,7H2,1-3H3,(H,12,14,15). The number of hydrogen-bond donors (Lipinski definition) is 1. The molecule has 0 aliphatic rings. The molecule has 0 saturated heterocycles. The molecule has 0 saturated carbocycles. The highest BCUT2D eigenvalue weighted by Crippen LogP contribution is 2.05. The SMILES string of the molecule is Cc1cc(C)nc(NCc2ccnn2C)n1. The minimum atomic E-state index is 0.665. The van der Waals surface area contributed by atoms with E-state index in [9.17, 15) is 0 Å². The number of aryl methyl sites for hydroxylation is 3. The Balaban J connectivity index is 2.07. The molecule has 0 bridgehead atoms. The summed E-state index contributed by atoms with van der Waals surface area (Å²) in [6, 6.07) is 3.92. The van der Waals surface area contributed by atoms with Crippen LogP contribution in [0.5, 0.6) is 0 Å². The van der Waals surface area contributed by atoms with Gasteiger partial charge in [0.05, 0.1) is 12.2 Å². The Labute approximate surface area is 94.5 Å². The van der Waals surface area contributed by atoms with E-state index in [1.807, 2.05) is 37.7 Å². The molecule has 0 amide bonds. The normalized spacial score (nSPS) is 10.4. The van der Waals surface area contributed by atoms with Crippen LogP contribution in [0.4, 0.5) is 5.95 Å². The van der Waals surface area contributed by atoms with Crippen LogP contribution in [0, 0.1) is 13.8 Å². The second-order valence-electron chi connectivity index (χ2n) is 3.77.